The molecular formula is C26H44N2O10. The maximum Gasteiger partial charge on any atom is 0.335 e. The Hall–Kier alpha value is -3.26. The third kappa shape index (κ3) is 29.0. The fraction of sp³-hybridized carbons (Fsp3) is 0.462. The number of carboxylic acids is 2. The van der Waals surface area contributed by atoms with Crippen LogP contribution in [0.15, 0.2) is 48.5 Å². The van der Waals surface area contributed by atoms with E-state index in [9.17, 15) is 9.59 Å². The summed E-state index contributed by atoms with van der Waals surface area (Å²) in [5.41, 5.74) is 12.3. The zero-order valence-electron chi connectivity index (χ0n) is 22.1. The SMILES string of the molecule is CCCC(O)O.CCCC(O)O.CCCC(O)O.Nc1ccc(C(=O)O)cc1.Nc1ccc(C(=O)O)cc1. The van der Waals surface area contributed by atoms with E-state index in [1.54, 1.807) is 24.3 Å². The van der Waals surface area contributed by atoms with Crippen molar-refractivity contribution < 1.29 is 50.4 Å². The van der Waals surface area contributed by atoms with Crippen LogP contribution in [0, 0.1) is 0 Å². The first-order valence-corrected chi connectivity index (χ1v) is 12.0. The molecule has 218 valence electrons. The van der Waals surface area contributed by atoms with Crippen molar-refractivity contribution in [2.75, 3.05) is 11.5 Å². The minimum atomic E-state index is -1.10. The van der Waals surface area contributed by atoms with E-state index in [0.29, 0.717) is 30.6 Å². The first-order chi connectivity index (χ1) is 17.7. The van der Waals surface area contributed by atoms with Crippen LogP contribution in [0.4, 0.5) is 11.4 Å². The van der Waals surface area contributed by atoms with Gasteiger partial charge in [-0.05, 0) is 67.8 Å². The average Bonchev–Trinajstić information content (AvgIpc) is 2.81. The molecule has 0 aliphatic heterocycles. The zero-order chi connectivity index (χ0) is 30.1. The van der Waals surface area contributed by atoms with Gasteiger partial charge in [0.05, 0.1) is 11.1 Å². The van der Waals surface area contributed by atoms with Crippen molar-refractivity contribution in [2.24, 2.45) is 0 Å². The van der Waals surface area contributed by atoms with Gasteiger partial charge in [-0.3, -0.25) is 0 Å². The Morgan fingerprint density at radius 1 is 0.553 bits per heavy atom. The van der Waals surface area contributed by atoms with Crippen LogP contribution in [0.3, 0.4) is 0 Å². The van der Waals surface area contributed by atoms with Gasteiger partial charge in [0.2, 0.25) is 0 Å². The molecule has 2 aromatic carbocycles. The van der Waals surface area contributed by atoms with E-state index in [4.69, 9.17) is 52.3 Å². The first-order valence-electron chi connectivity index (χ1n) is 12.0. The summed E-state index contributed by atoms with van der Waals surface area (Å²) in [5.74, 6) is -1.86. The molecule has 12 heteroatoms. The van der Waals surface area contributed by atoms with Gasteiger partial charge in [0.25, 0.3) is 0 Å². The predicted molar refractivity (Wildman–Crippen MR) is 145 cm³/mol. The highest BCUT2D eigenvalue weighted by Gasteiger charge is 1.99. The molecule has 0 aromatic heterocycles. The van der Waals surface area contributed by atoms with Crippen LogP contribution in [0.1, 0.15) is 80.0 Å². The predicted octanol–water partition coefficient (Wildman–Crippen LogP) is 2.23. The Kier molecular flexibility index (Phi) is 26.2. The van der Waals surface area contributed by atoms with E-state index >= 15 is 0 Å². The topological polar surface area (TPSA) is 248 Å². The van der Waals surface area contributed by atoms with Gasteiger partial charge in [-0.2, -0.15) is 0 Å². The monoisotopic (exact) mass is 544 g/mol. The standard InChI is InChI=1S/2C7H7NO2.3C4H10O2/c2*8-6-3-1-5(2-4-6)7(9)10;3*1-2-3-4(5)6/h2*1-4H,8H2,(H,9,10);3*4-6H,2-3H2,1H3. The van der Waals surface area contributed by atoms with Gasteiger partial charge in [-0.15, -0.1) is 0 Å². The Morgan fingerprint density at radius 3 is 0.868 bits per heavy atom. The molecule has 0 fully saturated rings. The van der Waals surface area contributed by atoms with Gasteiger partial charge >= 0.3 is 11.9 Å². The normalized spacial score (nSPS) is 9.58. The largest absolute Gasteiger partial charge is 0.478 e. The third-order valence-electron chi connectivity index (χ3n) is 3.96. The van der Waals surface area contributed by atoms with Crippen LogP contribution >= 0.6 is 0 Å². The molecular weight excluding hydrogens is 500 g/mol. The molecule has 0 spiro atoms. The molecule has 0 saturated heterocycles. The number of hydrogen-bond acceptors (Lipinski definition) is 10. The van der Waals surface area contributed by atoms with Crippen molar-refractivity contribution in [1.29, 1.82) is 0 Å². The summed E-state index contributed by atoms with van der Waals surface area (Å²) in [6, 6.07) is 12.1. The number of carboxylic acid groups (broad SMARTS) is 2. The number of nitrogen functional groups attached to an aromatic ring is 2. The fourth-order valence-electron chi connectivity index (χ4n) is 2.03. The zero-order valence-corrected chi connectivity index (χ0v) is 22.1. The number of benzene rings is 2. The second kappa shape index (κ2) is 25.4. The highest BCUT2D eigenvalue weighted by Crippen LogP contribution is 2.05. The quantitative estimate of drug-likeness (QED) is 0.170. The van der Waals surface area contributed by atoms with Crippen molar-refractivity contribution in [3.8, 4) is 0 Å². The molecule has 0 heterocycles. The molecule has 2 aromatic rings. The lowest BCUT2D eigenvalue weighted by atomic mass is 10.2. The van der Waals surface area contributed by atoms with Gasteiger partial charge in [-0.1, -0.05) is 40.0 Å². The lowest BCUT2D eigenvalue weighted by Gasteiger charge is -1.94. The molecule has 0 amide bonds. The molecule has 38 heavy (non-hydrogen) atoms. The first kappa shape index (κ1) is 39.3. The van der Waals surface area contributed by atoms with E-state index in [0.717, 1.165) is 19.3 Å². The lowest BCUT2D eigenvalue weighted by molar-refractivity contribution is -0.0460. The van der Waals surface area contributed by atoms with Gasteiger partial charge in [-0.25, -0.2) is 9.59 Å². The molecule has 2 rings (SSSR count). The minimum Gasteiger partial charge on any atom is -0.478 e. The lowest BCUT2D eigenvalue weighted by Crippen LogP contribution is -2.01. The smallest absolute Gasteiger partial charge is 0.335 e. The van der Waals surface area contributed by atoms with Crippen molar-refractivity contribution in [3.05, 3.63) is 59.7 Å². The molecule has 12 N–H and O–H groups in total. The number of aromatic carboxylic acids is 2. The molecule has 12 nitrogen and oxygen atoms in total. The highest BCUT2D eigenvalue weighted by atomic mass is 16.5. The summed E-state index contributed by atoms with van der Waals surface area (Å²) in [7, 11) is 0. The summed E-state index contributed by atoms with van der Waals surface area (Å²) in [6.07, 6.45) is 0.646. The molecule has 0 bridgehead atoms. The van der Waals surface area contributed by atoms with Crippen molar-refractivity contribution in [1.82, 2.24) is 0 Å². The van der Waals surface area contributed by atoms with Crippen molar-refractivity contribution in [2.45, 2.75) is 78.2 Å². The van der Waals surface area contributed by atoms with Crippen LogP contribution in [0.25, 0.3) is 0 Å². The molecule has 0 aliphatic carbocycles. The summed E-state index contributed by atoms with van der Waals surface area (Å²) in [4.78, 5) is 20.5. The van der Waals surface area contributed by atoms with Crippen LogP contribution in [0.5, 0.6) is 0 Å². The number of carbonyl (C=O) groups is 2. The van der Waals surface area contributed by atoms with E-state index < -0.39 is 30.8 Å². The number of rotatable bonds is 8. The number of anilines is 2. The Morgan fingerprint density at radius 2 is 0.763 bits per heavy atom. The fourth-order valence-corrected chi connectivity index (χ4v) is 2.03. The maximum absolute atomic E-state index is 10.3. The van der Waals surface area contributed by atoms with E-state index in [2.05, 4.69) is 0 Å². The summed E-state index contributed by atoms with van der Waals surface area (Å²) in [5, 5.41) is 65.5. The maximum atomic E-state index is 10.3. The van der Waals surface area contributed by atoms with Gasteiger partial charge in [0, 0.05) is 11.4 Å². The third-order valence-corrected chi connectivity index (χ3v) is 3.96. The minimum absolute atomic E-state index is 0.259. The van der Waals surface area contributed by atoms with Crippen LogP contribution in [-0.2, 0) is 0 Å². The summed E-state index contributed by atoms with van der Waals surface area (Å²) < 4.78 is 0. The number of aliphatic hydroxyl groups excluding tert-OH is 3. The van der Waals surface area contributed by atoms with Gasteiger partial charge in [0.15, 0.2) is 18.9 Å². The van der Waals surface area contributed by atoms with Crippen molar-refractivity contribution >= 4 is 23.3 Å². The summed E-state index contributed by atoms with van der Waals surface area (Å²) >= 11 is 0. The van der Waals surface area contributed by atoms with Crippen LogP contribution in [0.2, 0.25) is 0 Å². The van der Waals surface area contributed by atoms with Crippen LogP contribution < -0.4 is 11.5 Å². The average molecular weight is 545 g/mol. The van der Waals surface area contributed by atoms with E-state index in [1.807, 2.05) is 20.8 Å². The number of aliphatic hydroxyl groups is 6. The molecule has 0 unspecified atom stereocenters. The second-order valence-electron chi connectivity index (χ2n) is 7.66. The second-order valence-corrected chi connectivity index (χ2v) is 7.66. The Labute approximate surface area is 223 Å². The van der Waals surface area contributed by atoms with Gasteiger partial charge in [0.1, 0.15) is 0 Å². The highest BCUT2D eigenvalue weighted by molar-refractivity contribution is 5.88. The summed E-state index contributed by atoms with van der Waals surface area (Å²) in [6.45, 7) is 5.71. The van der Waals surface area contributed by atoms with Gasteiger partial charge < -0.3 is 52.3 Å². The van der Waals surface area contributed by atoms with Crippen LogP contribution in [-0.4, -0.2) is 71.7 Å². The molecule has 0 atom stereocenters. The number of nitrogens with two attached hydrogens (primary N) is 2. The van der Waals surface area contributed by atoms with Crippen molar-refractivity contribution in [3.63, 3.8) is 0 Å². The Balaban J connectivity index is -0.000000414. The Bertz CT molecular complexity index is 748. The molecule has 0 radical (unpaired) electrons. The molecule has 0 aliphatic rings. The molecule has 0 saturated carbocycles. The van der Waals surface area contributed by atoms with E-state index in [1.165, 1.54) is 24.3 Å². The number of hydrogen-bond donors (Lipinski definition) is 10. The van der Waals surface area contributed by atoms with E-state index in [-0.39, 0.29) is 11.1 Å².